The Labute approximate surface area is 114 Å². The summed E-state index contributed by atoms with van der Waals surface area (Å²) in [6.45, 7) is 3.15. The summed E-state index contributed by atoms with van der Waals surface area (Å²) < 4.78 is 39.9. The standard InChI is InChI=1S/C11H12FN3O2S2/c1-6-3-4-8(5-9(6)12)15-19(16,17)10-7(2)14-11(13)18-10/h3-5,15H,1-2H3,(H2,13,14). The summed E-state index contributed by atoms with van der Waals surface area (Å²) >= 11 is 0.870. The minimum atomic E-state index is -3.79. The summed E-state index contributed by atoms with van der Waals surface area (Å²) in [4.78, 5) is 3.85. The smallest absolute Gasteiger partial charge is 0.273 e. The molecule has 0 saturated heterocycles. The highest BCUT2D eigenvalue weighted by Crippen LogP contribution is 2.27. The van der Waals surface area contributed by atoms with Gasteiger partial charge in [0.25, 0.3) is 10.0 Å². The van der Waals surface area contributed by atoms with Crippen molar-refractivity contribution in [2.24, 2.45) is 0 Å². The third kappa shape index (κ3) is 2.85. The number of benzene rings is 1. The average Bonchev–Trinajstić information content (AvgIpc) is 2.63. The topological polar surface area (TPSA) is 85.1 Å². The first-order valence-corrected chi connectivity index (χ1v) is 7.61. The maximum atomic E-state index is 13.4. The zero-order chi connectivity index (χ0) is 14.2. The molecule has 102 valence electrons. The van der Waals surface area contributed by atoms with Crippen LogP contribution in [-0.2, 0) is 10.0 Å². The van der Waals surface area contributed by atoms with Crippen LogP contribution in [-0.4, -0.2) is 13.4 Å². The van der Waals surface area contributed by atoms with Crippen LogP contribution in [0.3, 0.4) is 0 Å². The highest BCUT2D eigenvalue weighted by molar-refractivity contribution is 7.94. The highest BCUT2D eigenvalue weighted by Gasteiger charge is 2.21. The van der Waals surface area contributed by atoms with Crippen molar-refractivity contribution in [2.45, 2.75) is 18.1 Å². The van der Waals surface area contributed by atoms with Gasteiger partial charge in [-0.2, -0.15) is 0 Å². The summed E-state index contributed by atoms with van der Waals surface area (Å²) in [7, 11) is -3.79. The Morgan fingerprint density at radius 2 is 2.05 bits per heavy atom. The summed E-state index contributed by atoms with van der Waals surface area (Å²) in [5.41, 5.74) is 6.40. The minimum absolute atomic E-state index is 0.0333. The molecule has 0 spiro atoms. The van der Waals surface area contributed by atoms with E-state index in [4.69, 9.17) is 5.73 Å². The van der Waals surface area contributed by atoms with Crippen LogP contribution in [0.5, 0.6) is 0 Å². The van der Waals surface area contributed by atoms with Gasteiger partial charge in [-0.25, -0.2) is 17.8 Å². The van der Waals surface area contributed by atoms with Crippen molar-refractivity contribution < 1.29 is 12.8 Å². The lowest BCUT2D eigenvalue weighted by Gasteiger charge is -2.07. The van der Waals surface area contributed by atoms with Gasteiger partial charge in [0, 0.05) is 0 Å². The summed E-state index contributed by atoms with van der Waals surface area (Å²) in [6.07, 6.45) is 0. The van der Waals surface area contributed by atoms with Gasteiger partial charge < -0.3 is 5.73 Å². The lowest BCUT2D eigenvalue weighted by Crippen LogP contribution is -2.12. The summed E-state index contributed by atoms with van der Waals surface area (Å²) in [5, 5.41) is 0.174. The number of rotatable bonds is 3. The second-order valence-electron chi connectivity index (χ2n) is 3.99. The second-order valence-corrected chi connectivity index (χ2v) is 6.90. The highest BCUT2D eigenvalue weighted by atomic mass is 32.2. The molecule has 1 aromatic carbocycles. The quantitative estimate of drug-likeness (QED) is 0.910. The molecule has 1 heterocycles. The van der Waals surface area contributed by atoms with Gasteiger partial charge in [0.1, 0.15) is 5.82 Å². The van der Waals surface area contributed by atoms with E-state index in [1.165, 1.54) is 12.1 Å². The number of anilines is 2. The Kier molecular flexibility index (Phi) is 3.46. The van der Waals surface area contributed by atoms with Gasteiger partial charge in [-0.1, -0.05) is 17.4 Å². The van der Waals surface area contributed by atoms with Crippen molar-refractivity contribution in [1.29, 1.82) is 0 Å². The molecule has 0 fully saturated rings. The van der Waals surface area contributed by atoms with E-state index in [9.17, 15) is 12.8 Å². The van der Waals surface area contributed by atoms with Crippen LogP contribution >= 0.6 is 11.3 Å². The molecule has 0 bridgehead atoms. The molecule has 8 heteroatoms. The Morgan fingerprint density at radius 3 is 2.58 bits per heavy atom. The van der Waals surface area contributed by atoms with Crippen LogP contribution in [0.15, 0.2) is 22.4 Å². The third-order valence-corrected chi connectivity index (χ3v) is 5.42. The molecule has 5 nitrogen and oxygen atoms in total. The molecule has 0 aliphatic heterocycles. The number of thiazole rings is 1. The van der Waals surface area contributed by atoms with Crippen LogP contribution in [0, 0.1) is 19.7 Å². The zero-order valence-electron chi connectivity index (χ0n) is 10.3. The molecule has 0 atom stereocenters. The van der Waals surface area contributed by atoms with E-state index in [0.717, 1.165) is 17.4 Å². The largest absolute Gasteiger partial charge is 0.375 e. The summed E-state index contributed by atoms with van der Waals surface area (Å²) in [6, 6.07) is 4.13. The fraction of sp³-hybridized carbons (Fsp3) is 0.182. The number of aromatic nitrogens is 1. The maximum absolute atomic E-state index is 13.4. The lowest BCUT2D eigenvalue weighted by molar-refractivity contribution is 0.602. The second kappa shape index (κ2) is 4.78. The van der Waals surface area contributed by atoms with E-state index in [1.54, 1.807) is 13.8 Å². The van der Waals surface area contributed by atoms with Gasteiger partial charge in [-0.3, -0.25) is 4.72 Å². The van der Waals surface area contributed by atoms with Crippen molar-refractivity contribution in [2.75, 3.05) is 10.5 Å². The van der Waals surface area contributed by atoms with Crippen LogP contribution in [0.25, 0.3) is 0 Å². The fourth-order valence-corrected chi connectivity index (χ4v) is 3.86. The Bertz CT molecular complexity index is 726. The van der Waals surface area contributed by atoms with E-state index in [2.05, 4.69) is 9.71 Å². The fourth-order valence-electron chi connectivity index (χ4n) is 1.51. The predicted molar refractivity (Wildman–Crippen MR) is 73.2 cm³/mol. The van der Waals surface area contributed by atoms with E-state index in [0.29, 0.717) is 11.3 Å². The van der Waals surface area contributed by atoms with Gasteiger partial charge in [-0.15, -0.1) is 0 Å². The number of hydrogen-bond acceptors (Lipinski definition) is 5. The monoisotopic (exact) mass is 301 g/mol. The van der Waals surface area contributed by atoms with Gasteiger partial charge in [0.05, 0.1) is 11.4 Å². The first-order chi connectivity index (χ1) is 8.79. The van der Waals surface area contributed by atoms with Crippen LogP contribution in [0.2, 0.25) is 0 Å². The van der Waals surface area contributed by atoms with Gasteiger partial charge in [0.2, 0.25) is 0 Å². The van der Waals surface area contributed by atoms with Crippen LogP contribution < -0.4 is 10.5 Å². The van der Waals surface area contributed by atoms with Crippen molar-refractivity contribution in [1.82, 2.24) is 4.98 Å². The van der Waals surface area contributed by atoms with Crippen molar-refractivity contribution in [3.05, 3.63) is 35.3 Å². The molecule has 3 N–H and O–H groups in total. The predicted octanol–water partition coefficient (Wildman–Crippen LogP) is 2.28. The summed E-state index contributed by atoms with van der Waals surface area (Å²) in [5.74, 6) is -0.472. The Balaban J connectivity index is 2.36. The molecular formula is C11H12FN3O2S2. The number of halogens is 1. The number of nitrogens with zero attached hydrogens (tertiary/aromatic N) is 1. The number of hydrogen-bond donors (Lipinski definition) is 2. The van der Waals surface area contributed by atoms with E-state index in [-0.39, 0.29) is 15.0 Å². The van der Waals surface area contributed by atoms with Crippen molar-refractivity contribution in [3.8, 4) is 0 Å². The van der Waals surface area contributed by atoms with Gasteiger partial charge in [-0.05, 0) is 31.5 Å². The minimum Gasteiger partial charge on any atom is -0.375 e. The number of nitrogens with two attached hydrogens (primary N) is 1. The molecule has 2 aromatic rings. The van der Waals surface area contributed by atoms with Gasteiger partial charge in [0.15, 0.2) is 9.34 Å². The normalized spacial score (nSPS) is 11.5. The molecule has 0 amide bonds. The lowest BCUT2D eigenvalue weighted by atomic mass is 10.2. The first-order valence-electron chi connectivity index (χ1n) is 5.31. The average molecular weight is 301 g/mol. The number of nitrogens with one attached hydrogen (secondary N) is 1. The zero-order valence-corrected chi connectivity index (χ0v) is 11.9. The molecule has 0 aliphatic carbocycles. The molecule has 19 heavy (non-hydrogen) atoms. The van der Waals surface area contributed by atoms with E-state index >= 15 is 0 Å². The molecule has 0 radical (unpaired) electrons. The molecule has 0 aliphatic rings. The molecule has 1 aromatic heterocycles. The first kappa shape index (κ1) is 13.8. The maximum Gasteiger partial charge on any atom is 0.273 e. The van der Waals surface area contributed by atoms with Crippen molar-refractivity contribution in [3.63, 3.8) is 0 Å². The van der Waals surface area contributed by atoms with Crippen LogP contribution in [0.4, 0.5) is 15.2 Å². The molecule has 0 unspecified atom stereocenters. The van der Waals surface area contributed by atoms with E-state index < -0.39 is 15.8 Å². The molecular weight excluding hydrogens is 289 g/mol. The Hall–Kier alpha value is -1.67. The SMILES string of the molecule is Cc1ccc(NS(=O)(=O)c2sc(N)nc2C)cc1F. The number of sulfonamides is 1. The number of aryl methyl sites for hydroxylation is 2. The molecule has 2 rings (SSSR count). The third-order valence-electron chi connectivity index (χ3n) is 2.44. The Morgan fingerprint density at radius 1 is 1.37 bits per heavy atom. The van der Waals surface area contributed by atoms with E-state index in [1.807, 2.05) is 0 Å². The van der Waals surface area contributed by atoms with Gasteiger partial charge >= 0.3 is 0 Å². The molecule has 0 saturated carbocycles. The number of nitrogen functional groups attached to an aromatic ring is 1. The van der Waals surface area contributed by atoms with Crippen LogP contribution in [0.1, 0.15) is 11.3 Å². The van der Waals surface area contributed by atoms with Crippen molar-refractivity contribution >= 4 is 32.2 Å².